The van der Waals surface area contributed by atoms with Crippen LogP contribution in [0, 0.1) is 0 Å². The van der Waals surface area contributed by atoms with Gasteiger partial charge in [0.2, 0.25) is 0 Å². The predicted molar refractivity (Wildman–Crippen MR) is 133 cm³/mol. The second kappa shape index (κ2) is 25.8. The Bertz CT molecular complexity index is 360. The molecular weight excluding hydrogens is 386 g/mol. The number of carbonyl (C=O) groups excluding carboxylic acids is 1. The Labute approximate surface area is 194 Å². The molecule has 0 rings (SSSR count). The van der Waals surface area contributed by atoms with E-state index in [1.165, 1.54) is 116 Å². The van der Waals surface area contributed by atoms with Gasteiger partial charge < -0.3 is 15.5 Å². The van der Waals surface area contributed by atoms with Gasteiger partial charge in [-0.25, -0.2) is 0 Å². The SMILES string of the molecule is CCCCCCCCCCCCCCCCCCCCCC(=O)CCCNCC(O)O. The van der Waals surface area contributed by atoms with E-state index in [4.69, 9.17) is 10.2 Å². The minimum Gasteiger partial charge on any atom is -0.367 e. The first-order valence-corrected chi connectivity index (χ1v) is 13.8. The number of carbonyl (C=O) groups is 1. The summed E-state index contributed by atoms with van der Waals surface area (Å²) >= 11 is 0. The number of unbranched alkanes of at least 4 members (excludes halogenated alkanes) is 18. The highest BCUT2D eigenvalue weighted by molar-refractivity contribution is 5.78. The number of aliphatic hydroxyl groups excluding tert-OH is 1. The molecule has 0 aromatic carbocycles. The van der Waals surface area contributed by atoms with Crippen molar-refractivity contribution in [3.8, 4) is 0 Å². The Kier molecular flexibility index (Phi) is 25.4. The first-order chi connectivity index (χ1) is 15.2. The minimum atomic E-state index is -1.31. The van der Waals surface area contributed by atoms with Crippen LogP contribution >= 0.6 is 0 Å². The Morgan fingerprint density at radius 3 is 1.32 bits per heavy atom. The smallest absolute Gasteiger partial charge is 0.164 e. The van der Waals surface area contributed by atoms with Crippen molar-refractivity contribution in [1.29, 1.82) is 0 Å². The number of nitrogens with one attached hydrogen (secondary N) is 1. The highest BCUT2D eigenvalue weighted by Crippen LogP contribution is 2.15. The summed E-state index contributed by atoms with van der Waals surface area (Å²) in [7, 11) is 0. The van der Waals surface area contributed by atoms with Crippen LogP contribution in [0.2, 0.25) is 0 Å². The maximum Gasteiger partial charge on any atom is 0.164 e. The van der Waals surface area contributed by atoms with Crippen molar-refractivity contribution >= 4 is 5.78 Å². The third kappa shape index (κ3) is 27.5. The fraction of sp³-hybridized carbons (Fsp3) is 0.963. The molecule has 0 heterocycles. The van der Waals surface area contributed by atoms with Gasteiger partial charge in [-0.3, -0.25) is 4.79 Å². The fourth-order valence-corrected chi connectivity index (χ4v) is 4.17. The summed E-state index contributed by atoms with van der Waals surface area (Å²) < 4.78 is 0. The van der Waals surface area contributed by atoms with E-state index in [1.54, 1.807) is 0 Å². The zero-order chi connectivity index (χ0) is 22.8. The molecule has 4 nitrogen and oxygen atoms in total. The summed E-state index contributed by atoms with van der Waals surface area (Å²) in [4.78, 5) is 11.8. The van der Waals surface area contributed by atoms with E-state index in [0.717, 1.165) is 12.8 Å². The Balaban J connectivity index is 3.11. The van der Waals surface area contributed by atoms with Crippen molar-refractivity contribution in [2.45, 2.75) is 154 Å². The fourth-order valence-electron chi connectivity index (χ4n) is 4.17. The van der Waals surface area contributed by atoms with Gasteiger partial charge in [-0.15, -0.1) is 0 Å². The van der Waals surface area contributed by atoms with Crippen molar-refractivity contribution in [1.82, 2.24) is 5.32 Å². The molecule has 3 N–H and O–H groups in total. The number of Topliss-reactive ketones (excluding diaryl/α,β-unsaturated/α-hetero) is 1. The summed E-state index contributed by atoms with van der Waals surface area (Å²) in [5.74, 6) is 0.346. The van der Waals surface area contributed by atoms with Crippen molar-refractivity contribution in [3.63, 3.8) is 0 Å². The molecule has 186 valence electrons. The molecule has 0 unspecified atom stereocenters. The zero-order valence-electron chi connectivity index (χ0n) is 20.9. The summed E-state index contributed by atoms with van der Waals surface area (Å²) in [6.45, 7) is 3.13. The van der Waals surface area contributed by atoms with Crippen LogP contribution in [0.3, 0.4) is 0 Å². The van der Waals surface area contributed by atoms with Crippen LogP contribution in [0.15, 0.2) is 0 Å². The van der Waals surface area contributed by atoms with E-state index in [1.807, 2.05) is 0 Å². The van der Waals surface area contributed by atoms with Crippen LogP contribution < -0.4 is 5.32 Å². The maximum absolute atomic E-state index is 11.8. The van der Waals surface area contributed by atoms with Gasteiger partial charge in [0.1, 0.15) is 5.78 Å². The Morgan fingerprint density at radius 1 is 0.581 bits per heavy atom. The average Bonchev–Trinajstić information content (AvgIpc) is 2.75. The monoisotopic (exact) mass is 441 g/mol. The van der Waals surface area contributed by atoms with Gasteiger partial charge >= 0.3 is 0 Å². The van der Waals surface area contributed by atoms with E-state index < -0.39 is 6.29 Å². The van der Waals surface area contributed by atoms with Gasteiger partial charge in [-0.1, -0.05) is 122 Å². The molecule has 0 saturated heterocycles. The van der Waals surface area contributed by atoms with E-state index in [-0.39, 0.29) is 6.54 Å². The molecule has 0 aromatic heterocycles. The number of hydrogen-bond acceptors (Lipinski definition) is 4. The standard InChI is InChI=1S/C27H55NO3/c1-2-3-4-5-6-7-8-9-10-11-12-13-14-15-16-17-18-19-20-22-26(29)23-21-24-28-25-27(30)31/h27-28,30-31H,2-25H2,1H3. The topological polar surface area (TPSA) is 69.6 Å². The van der Waals surface area contributed by atoms with Gasteiger partial charge in [-0.05, 0) is 19.4 Å². The van der Waals surface area contributed by atoms with E-state index >= 15 is 0 Å². The second-order valence-electron chi connectivity index (χ2n) is 9.44. The molecule has 4 heteroatoms. The average molecular weight is 442 g/mol. The highest BCUT2D eigenvalue weighted by Gasteiger charge is 2.02. The number of rotatable bonds is 26. The predicted octanol–water partition coefficient (Wildman–Crippen LogP) is 7.06. The third-order valence-corrected chi connectivity index (χ3v) is 6.20. The molecule has 0 radical (unpaired) electrons. The molecule has 0 aliphatic heterocycles. The zero-order valence-corrected chi connectivity index (χ0v) is 20.9. The van der Waals surface area contributed by atoms with Gasteiger partial charge in [-0.2, -0.15) is 0 Å². The van der Waals surface area contributed by atoms with Crippen molar-refractivity contribution in [3.05, 3.63) is 0 Å². The molecule has 0 bridgehead atoms. The minimum absolute atomic E-state index is 0.174. The number of ketones is 1. The molecule has 0 saturated carbocycles. The molecule has 31 heavy (non-hydrogen) atoms. The van der Waals surface area contributed by atoms with Crippen molar-refractivity contribution < 1.29 is 15.0 Å². The maximum atomic E-state index is 11.8. The molecule has 0 atom stereocenters. The van der Waals surface area contributed by atoms with Crippen molar-refractivity contribution in [2.75, 3.05) is 13.1 Å². The third-order valence-electron chi connectivity index (χ3n) is 6.20. The first-order valence-electron chi connectivity index (χ1n) is 13.8. The molecular formula is C27H55NO3. The number of aliphatic hydroxyl groups is 2. The molecule has 0 fully saturated rings. The van der Waals surface area contributed by atoms with E-state index in [9.17, 15) is 4.79 Å². The molecule has 0 aliphatic rings. The van der Waals surface area contributed by atoms with Crippen LogP contribution in [-0.4, -0.2) is 35.4 Å². The molecule has 0 aliphatic carbocycles. The normalized spacial score (nSPS) is 11.5. The van der Waals surface area contributed by atoms with Crippen molar-refractivity contribution in [2.24, 2.45) is 0 Å². The Morgan fingerprint density at radius 2 is 0.935 bits per heavy atom. The lowest BCUT2D eigenvalue weighted by molar-refractivity contribution is -0.119. The van der Waals surface area contributed by atoms with Crippen LogP contribution in [0.25, 0.3) is 0 Å². The second-order valence-corrected chi connectivity index (χ2v) is 9.44. The number of hydrogen-bond donors (Lipinski definition) is 3. The summed E-state index contributed by atoms with van der Waals surface area (Å²) in [6.07, 6.45) is 26.9. The molecule has 0 spiro atoms. The lowest BCUT2D eigenvalue weighted by atomic mass is 10.0. The molecule has 0 aromatic rings. The van der Waals surface area contributed by atoms with Gasteiger partial charge in [0, 0.05) is 19.4 Å². The summed E-state index contributed by atoms with van der Waals surface area (Å²) in [6, 6.07) is 0. The molecule has 0 amide bonds. The highest BCUT2D eigenvalue weighted by atomic mass is 16.5. The largest absolute Gasteiger partial charge is 0.367 e. The van der Waals surface area contributed by atoms with Gasteiger partial charge in [0.25, 0.3) is 0 Å². The lowest BCUT2D eigenvalue weighted by Crippen LogP contribution is -2.27. The van der Waals surface area contributed by atoms with Crippen LogP contribution in [0.5, 0.6) is 0 Å². The van der Waals surface area contributed by atoms with E-state index in [2.05, 4.69) is 12.2 Å². The van der Waals surface area contributed by atoms with Gasteiger partial charge in [0.05, 0.1) is 0 Å². The lowest BCUT2D eigenvalue weighted by Gasteiger charge is -2.06. The summed E-state index contributed by atoms with van der Waals surface area (Å²) in [5.41, 5.74) is 0. The van der Waals surface area contributed by atoms with Crippen LogP contribution in [0.1, 0.15) is 148 Å². The van der Waals surface area contributed by atoms with Crippen LogP contribution in [-0.2, 0) is 4.79 Å². The summed E-state index contributed by atoms with van der Waals surface area (Å²) in [5, 5.41) is 20.3. The van der Waals surface area contributed by atoms with Gasteiger partial charge in [0.15, 0.2) is 6.29 Å². The Hall–Kier alpha value is -0.450. The van der Waals surface area contributed by atoms with E-state index in [0.29, 0.717) is 25.2 Å². The first kappa shape index (κ1) is 30.6. The quantitative estimate of drug-likeness (QED) is 0.0992. The van der Waals surface area contributed by atoms with Crippen LogP contribution in [0.4, 0.5) is 0 Å².